The Labute approximate surface area is 121 Å². The third-order valence-corrected chi connectivity index (χ3v) is 3.68. The lowest BCUT2D eigenvalue weighted by Gasteiger charge is -2.18. The highest BCUT2D eigenvalue weighted by Gasteiger charge is 2.17. The van der Waals surface area contributed by atoms with Gasteiger partial charge in [-0.15, -0.1) is 0 Å². The molecule has 0 amide bonds. The second-order valence-electron chi connectivity index (χ2n) is 4.29. The normalized spacial score (nSPS) is 12.6. The lowest BCUT2D eigenvalue weighted by atomic mass is 10.0. The molecule has 0 spiro atoms. The van der Waals surface area contributed by atoms with E-state index in [4.69, 9.17) is 0 Å². The van der Waals surface area contributed by atoms with Crippen LogP contribution in [0.5, 0.6) is 0 Å². The average Bonchev–Trinajstić information content (AvgIpc) is 2.85. The Morgan fingerprint density at radius 3 is 2.79 bits per heavy atom. The molecule has 0 aliphatic carbocycles. The van der Waals surface area contributed by atoms with E-state index in [0.717, 1.165) is 28.7 Å². The fraction of sp³-hybridized carbons (Fsp3) is 0.357. The summed E-state index contributed by atoms with van der Waals surface area (Å²) in [6, 6.07) is 4.79. The molecule has 0 fully saturated rings. The molecule has 3 nitrogen and oxygen atoms in total. The highest BCUT2D eigenvalue weighted by atomic mass is 79.9. The summed E-state index contributed by atoms with van der Waals surface area (Å²) >= 11 is 3.43. The van der Waals surface area contributed by atoms with Gasteiger partial charge in [-0.1, -0.05) is 28.9 Å². The molecule has 19 heavy (non-hydrogen) atoms. The standard InChI is InChI=1S/C14H17BrFN3/c1-3-17-14(10-8-18-19(4-2)9-10)12-6-5-11(16)7-13(12)15/h5-9,14,17H,3-4H2,1-2H3. The third-order valence-electron chi connectivity index (χ3n) is 2.99. The van der Waals surface area contributed by atoms with Crippen LogP contribution in [0.25, 0.3) is 0 Å². The minimum Gasteiger partial charge on any atom is -0.306 e. The smallest absolute Gasteiger partial charge is 0.124 e. The van der Waals surface area contributed by atoms with Crippen LogP contribution < -0.4 is 5.32 Å². The summed E-state index contributed by atoms with van der Waals surface area (Å²) in [5.41, 5.74) is 2.09. The number of rotatable bonds is 5. The SMILES string of the molecule is CCNC(c1cnn(CC)c1)c1ccc(F)cc1Br. The fourth-order valence-corrected chi connectivity index (χ4v) is 2.63. The topological polar surface area (TPSA) is 29.9 Å². The van der Waals surface area contributed by atoms with E-state index >= 15 is 0 Å². The second kappa shape index (κ2) is 6.30. The molecule has 1 unspecified atom stereocenters. The Morgan fingerprint density at radius 2 is 2.21 bits per heavy atom. The van der Waals surface area contributed by atoms with Crippen molar-refractivity contribution < 1.29 is 4.39 Å². The molecule has 0 aliphatic rings. The molecule has 0 bridgehead atoms. The van der Waals surface area contributed by atoms with E-state index in [0.29, 0.717) is 0 Å². The van der Waals surface area contributed by atoms with E-state index in [-0.39, 0.29) is 11.9 Å². The maximum absolute atomic E-state index is 13.2. The van der Waals surface area contributed by atoms with E-state index in [1.807, 2.05) is 24.0 Å². The van der Waals surface area contributed by atoms with Gasteiger partial charge in [0.25, 0.3) is 0 Å². The van der Waals surface area contributed by atoms with Crippen LogP contribution in [0.4, 0.5) is 4.39 Å². The van der Waals surface area contributed by atoms with Gasteiger partial charge in [0, 0.05) is 22.8 Å². The zero-order valence-electron chi connectivity index (χ0n) is 11.0. The quantitative estimate of drug-likeness (QED) is 0.911. The van der Waals surface area contributed by atoms with Crippen molar-refractivity contribution in [2.45, 2.75) is 26.4 Å². The van der Waals surface area contributed by atoms with Crippen LogP contribution in [0.15, 0.2) is 35.1 Å². The van der Waals surface area contributed by atoms with E-state index in [9.17, 15) is 4.39 Å². The van der Waals surface area contributed by atoms with Crippen molar-refractivity contribution in [3.05, 3.63) is 52.0 Å². The monoisotopic (exact) mass is 325 g/mol. The van der Waals surface area contributed by atoms with E-state index < -0.39 is 0 Å². The summed E-state index contributed by atoms with van der Waals surface area (Å²) in [7, 11) is 0. The average molecular weight is 326 g/mol. The number of aromatic nitrogens is 2. The Morgan fingerprint density at radius 1 is 1.42 bits per heavy atom. The van der Waals surface area contributed by atoms with Gasteiger partial charge in [-0.05, 0) is 31.2 Å². The van der Waals surface area contributed by atoms with Crippen molar-refractivity contribution in [3.8, 4) is 0 Å². The van der Waals surface area contributed by atoms with Gasteiger partial charge in [0.05, 0.1) is 12.2 Å². The maximum atomic E-state index is 13.2. The number of hydrogen-bond donors (Lipinski definition) is 1. The molecular weight excluding hydrogens is 309 g/mol. The van der Waals surface area contributed by atoms with E-state index in [2.05, 4.69) is 33.3 Å². The van der Waals surface area contributed by atoms with Crippen molar-refractivity contribution in [1.82, 2.24) is 15.1 Å². The van der Waals surface area contributed by atoms with Gasteiger partial charge in [0.2, 0.25) is 0 Å². The second-order valence-corrected chi connectivity index (χ2v) is 5.14. The van der Waals surface area contributed by atoms with Crippen molar-refractivity contribution in [2.75, 3.05) is 6.54 Å². The van der Waals surface area contributed by atoms with Crippen molar-refractivity contribution >= 4 is 15.9 Å². The lowest BCUT2D eigenvalue weighted by molar-refractivity contribution is 0.609. The molecule has 0 saturated carbocycles. The van der Waals surface area contributed by atoms with Crippen molar-refractivity contribution in [3.63, 3.8) is 0 Å². The zero-order chi connectivity index (χ0) is 13.8. The predicted molar refractivity (Wildman–Crippen MR) is 77.5 cm³/mol. The third kappa shape index (κ3) is 3.22. The van der Waals surface area contributed by atoms with Gasteiger partial charge >= 0.3 is 0 Å². The van der Waals surface area contributed by atoms with Crippen LogP contribution in [-0.4, -0.2) is 16.3 Å². The minimum atomic E-state index is -0.241. The molecular formula is C14H17BrFN3. The predicted octanol–water partition coefficient (Wildman–Crippen LogP) is 3.50. The summed E-state index contributed by atoms with van der Waals surface area (Å²) in [4.78, 5) is 0. The Hall–Kier alpha value is -1.20. The molecule has 1 aromatic carbocycles. The van der Waals surface area contributed by atoms with Crippen LogP contribution in [0.3, 0.4) is 0 Å². The zero-order valence-corrected chi connectivity index (χ0v) is 12.6. The van der Waals surface area contributed by atoms with Crippen molar-refractivity contribution in [1.29, 1.82) is 0 Å². The Bertz CT molecular complexity index is 553. The Kier molecular flexibility index (Phi) is 4.71. The van der Waals surface area contributed by atoms with Gasteiger partial charge in [-0.2, -0.15) is 5.10 Å². The highest BCUT2D eigenvalue weighted by Crippen LogP contribution is 2.29. The number of hydrogen-bond acceptors (Lipinski definition) is 2. The molecule has 1 N–H and O–H groups in total. The van der Waals surface area contributed by atoms with Gasteiger partial charge < -0.3 is 5.32 Å². The van der Waals surface area contributed by atoms with E-state index in [1.54, 1.807) is 6.07 Å². The summed E-state index contributed by atoms with van der Waals surface area (Å²) in [6.45, 7) is 5.76. The molecule has 0 aliphatic heterocycles. The molecule has 0 radical (unpaired) electrons. The Balaban J connectivity index is 2.38. The molecule has 0 saturated heterocycles. The molecule has 5 heteroatoms. The van der Waals surface area contributed by atoms with Gasteiger partial charge in [0.15, 0.2) is 0 Å². The maximum Gasteiger partial charge on any atom is 0.124 e. The number of aryl methyl sites for hydroxylation is 1. The van der Waals surface area contributed by atoms with Gasteiger partial charge in [0.1, 0.15) is 5.82 Å². The van der Waals surface area contributed by atoms with Crippen LogP contribution in [0, 0.1) is 5.82 Å². The molecule has 2 rings (SSSR count). The number of nitrogens with zero attached hydrogens (tertiary/aromatic N) is 2. The number of halogens is 2. The largest absolute Gasteiger partial charge is 0.306 e. The van der Waals surface area contributed by atoms with Gasteiger partial charge in [-0.25, -0.2) is 4.39 Å². The summed E-state index contributed by atoms with van der Waals surface area (Å²) in [5.74, 6) is -0.241. The first kappa shape index (κ1) is 14.2. The van der Waals surface area contributed by atoms with Crippen LogP contribution in [0.2, 0.25) is 0 Å². The van der Waals surface area contributed by atoms with Gasteiger partial charge in [-0.3, -0.25) is 4.68 Å². The van der Waals surface area contributed by atoms with Crippen LogP contribution in [0.1, 0.15) is 31.0 Å². The number of benzene rings is 1. The fourth-order valence-electron chi connectivity index (χ4n) is 2.05. The first-order chi connectivity index (χ1) is 9.15. The molecule has 2 aromatic rings. The highest BCUT2D eigenvalue weighted by molar-refractivity contribution is 9.10. The number of nitrogens with one attached hydrogen (secondary N) is 1. The minimum absolute atomic E-state index is 0.0141. The summed E-state index contributed by atoms with van der Waals surface area (Å²) in [6.07, 6.45) is 3.87. The molecule has 1 atom stereocenters. The van der Waals surface area contributed by atoms with E-state index in [1.165, 1.54) is 12.1 Å². The molecule has 1 heterocycles. The molecule has 1 aromatic heterocycles. The van der Waals surface area contributed by atoms with Crippen LogP contribution >= 0.6 is 15.9 Å². The molecule has 102 valence electrons. The van der Waals surface area contributed by atoms with Crippen molar-refractivity contribution in [2.24, 2.45) is 0 Å². The summed E-state index contributed by atoms with van der Waals surface area (Å²) < 4.78 is 15.8. The lowest BCUT2D eigenvalue weighted by Crippen LogP contribution is -2.22. The first-order valence-corrected chi connectivity index (χ1v) is 7.15. The first-order valence-electron chi connectivity index (χ1n) is 6.36. The summed E-state index contributed by atoms with van der Waals surface area (Å²) in [5, 5.41) is 7.70. The van der Waals surface area contributed by atoms with Crippen LogP contribution in [-0.2, 0) is 6.54 Å².